The first-order valence-corrected chi connectivity index (χ1v) is 10.9. The maximum Gasteiger partial charge on any atom is 0.0501 e. The Bertz CT molecular complexity index is 1430. The van der Waals surface area contributed by atoms with Gasteiger partial charge in [0.05, 0.1) is 5.52 Å². The summed E-state index contributed by atoms with van der Waals surface area (Å²) in [6.07, 6.45) is 2.12. The van der Waals surface area contributed by atoms with Crippen molar-refractivity contribution in [3.05, 3.63) is 107 Å². The molecule has 0 spiro atoms. The van der Waals surface area contributed by atoms with Gasteiger partial charge in [0.25, 0.3) is 0 Å². The van der Waals surface area contributed by atoms with Crippen LogP contribution in [0, 0.1) is 6.92 Å². The summed E-state index contributed by atoms with van der Waals surface area (Å²) in [6.45, 7) is 5.34. The van der Waals surface area contributed by atoms with E-state index < -0.39 is 0 Å². The van der Waals surface area contributed by atoms with Gasteiger partial charge in [0.2, 0.25) is 0 Å². The summed E-state index contributed by atoms with van der Waals surface area (Å²) in [4.78, 5) is 0. The molecule has 4 aromatic carbocycles. The standard InChI is InChI=1S/C29H25N/c1-3-20-14-19(2)15-21(16-20)18-30-26-11-7-6-10-25(26)29-27(30)13-12-23-17-22-8-4-5-9-24(22)28(23)29/h4-16H,3,17-18H2,1-2H3. The second-order valence-electron chi connectivity index (χ2n) is 8.61. The average Bonchev–Trinajstić information content (AvgIpc) is 3.29. The molecular formula is C29H25N. The second kappa shape index (κ2) is 6.60. The van der Waals surface area contributed by atoms with Crippen molar-refractivity contribution in [3.8, 4) is 11.1 Å². The summed E-state index contributed by atoms with van der Waals surface area (Å²) < 4.78 is 2.51. The first-order valence-electron chi connectivity index (χ1n) is 10.9. The Hall–Kier alpha value is -3.32. The summed E-state index contributed by atoms with van der Waals surface area (Å²) in [5.74, 6) is 0. The minimum absolute atomic E-state index is 0.902. The van der Waals surface area contributed by atoms with Crippen molar-refractivity contribution in [3.63, 3.8) is 0 Å². The molecular weight excluding hydrogens is 362 g/mol. The molecule has 0 saturated carbocycles. The SMILES string of the molecule is CCc1cc(C)cc(Cn2c3ccccc3c3c4c(ccc32)Cc2ccccc2-4)c1. The fourth-order valence-corrected chi connectivity index (χ4v) is 5.36. The van der Waals surface area contributed by atoms with Gasteiger partial charge in [0.15, 0.2) is 0 Å². The number of aryl methyl sites for hydroxylation is 2. The van der Waals surface area contributed by atoms with Gasteiger partial charge in [-0.1, -0.05) is 79.2 Å². The Morgan fingerprint density at radius 3 is 2.47 bits per heavy atom. The smallest absolute Gasteiger partial charge is 0.0501 e. The molecule has 1 heterocycles. The molecule has 0 saturated heterocycles. The van der Waals surface area contributed by atoms with Gasteiger partial charge in [-0.05, 0) is 65.3 Å². The number of benzene rings is 4. The van der Waals surface area contributed by atoms with Crippen LogP contribution in [0.4, 0.5) is 0 Å². The van der Waals surface area contributed by atoms with Gasteiger partial charge in [-0.25, -0.2) is 0 Å². The number of fused-ring (bicyclic) bond motifs is 7. The topological polar surface area (TPSA) is 4.93 Å². The molecule has 0 amide bonds. The molecule has 30 heavy (non-hydrogen) atoms. The fraction of sp³-hybridized carbons (Fsp3) is 0.172. The van der Waals surface area contributed by atoms with Crippen LogP contribution in [0.25, 0.3) is 32.9 Å². The highest BCUT2D eigenvalue weighted by Gasteiger charge is 2.23. The van der Waals surface area contributed by atoms with Crippen molar-refractivity contribution in [2.24, 2.45) is 0 Å². The molecule has 0 bridgehead atoms. The van der Waals surface area contributed by atoms with Gasteiger partial charge in [-0.2, -0.15) is 0 Å². The van der Waals surface area contributed by atoms with Crippen LogP contribution < -0.4 is 0 Å². The van der Waals surface area contributed by atoms with Gasteiger partial charge in [-0.15, -0.1) is 0 Å². The molecule has 5 aromatic rings. The molecule has 6 rings (SSSR count). The van der Waals surface area contributed by atoms with Gasteiger partial charge < -0.3 is 4.57 Å². The van der Waals surface area contributed by atoms with Crippen LogP contribution in [0.1, 0.15) is 34.7 Å². The molecule has 0 aliphatic heterocycles. The van der Waals surface area contributed by atoms with Crippen LogP contribution in [0.3, 0.4) is 0 Å². The van der Waals surface area contributed by atoms with Crippen molar-refractivity contribution in [1.82, 2.24) is 4.57 Å². The van der Waals surface area contributed by atoms with Crippen molar-refractivity contribution >= 4 is 21.8 Å². The fourth-order valence-electron chi connectivity index (χ4n) is 5.36. The van der Waals surface area contributed by atoms with Crippen molar-refractivity contribution in [2.45, 2.75) is 33.2 Å². The second-order valence-corrected chi connectivity index (χ2v) is 8.61. The predicted molar refractivity (Wildman–Crippen MR) is 127 cm³/mol. The van der Waals surface area contributed by atoms with E-state index in [1.54, 1.807) is 0 Å². The maximum atomic E-state index is 2.51. The lowest BCUT2D eigenvalue weighted by Crippen LogP contribution is -2.01. The Morgan fingerprint density at radius 1 is 0.767 bits per heavy atom. The largest absolute Gasteiger partial charge is 0.336 e. The lowest BCUT2D eigenvalue weighted by Gasteiger charge is -2.11. The van der Waals surface area contributed by atoms with E-state index >= 15 is 0 Å². The third kappa shape index (κ3) is 2.55. The van der Waals surface area contributed by atoms with Gasteiger partial charge >= 0.3 is 0 Å². The van der Waals surface area contributed by atoms with E-state index in [-0.39, 0.29) is 0 Å². The Kier molecular flexibility index (Phi) is 3.86. The summed E-state index contributed by atoms with van der Waals surface area (Å²) >= 11 is 0. The van der Waals surface area contributed by atoms with Crippen molar-refractivity contribution in [1.29, 1.82) is 0 Å². The lowest BCUT2D eigenvalue weighted by molar-refractivity contribution is 0.864. The first kappa shape index (κ1) is 17.5. The van der Waals surface area contributed by atoms with Crippen molar-refractivity contribution in [2.75, 3.05) is 0 Å². The van der Waals surface area contributed by atoms with E-state index in [1.807, 2.05) is 0 Å². The third-order valence-corrected chi connectivity index (χ3v) is 6.64. The van der Waals surface area contributed by atoms with E-state index in [9.17, 15) is 0 Å². The van der Waals surface area contributed by atoms with Gasteiger partial charge in [-0.3, -0.25) is 0 Å². The molecule has 0 fully saturated rings. The van der Waals surface area contributed by atoms with E-state index in [1.165, 1.54) is 60.8 Å². The summed E-state index contributed by atoms with van der Waals surface area (Å²) in [5, 5.41) is 2.78. The van der Waals surface area contributed by atoms with E-state index in [0.29, 0.717) is 0 Å². The summed E-state index contributed by atoms with van der Waals surface area (Å²) in [7, 11) is 0. The van der Waals surface area contributed by atoms with E-state index in [4.69, 9.17) is 0 Å². The van der Waals surface area contributed by atoms with Crippen LogP contribution in [0.2, 0.25) is 0 Å². The van der Waals surface area contributed by atoms with Crippen LogP contribution in [0.15, 0.2) is 78.9 Å². The number of hydrogen-bond acceptors (Lipinski definition) is 0. The summed E-state index contributed by atoms with van der Waals surface area (Å²) in [6, 6.07) is 29.5. The molecule has 0 unspecified atom stereocenters. The number of nitrogens with zero attached hydrogens (tertiary/aromatic N) is 1. The Balaban J connectivity index is 1.64. The van der Waals surface area contributed by atoms with Crippen LogP contribution >= 0.6 is 0 Å². The number of para-hydroxylation sites is 1. The molecule has 1 aliphatic rings. The predicted octanol–water partition coefficient (Wildman–Crippen LogP) is 7.28. The highest BCUT2D eigenvalue weighted by molar-refractivity contribution is 6.16. The maximum absolute atomic E-state index is 2.51. The minimum atomic E-state index is 0.902. The highest BCUT2D eigenvalue weighted by atomic mass is 15.0. The zero-order valence-electron chi connectivity index (χ0n) is 17.6. The number of rotatable bonds is 3. The molecule has 1 heteroatoms. The molecule has 0 atom stereocenters. The summed E-state index contributed by atoms with van der Waals surface area (Å²) in [5.41, 5.74) is 12.6. The zero-order chi connectivity index (χ0) is 20.2. The van der Waals surface area contributed by atoms with Crippen LogP contribution in [-0.2, 0) is 19.4 Å². The normalized spacial score (nSPS) is 12.5. The molecule has 1 nitrogen and oxygen atoms in total. The zero-order valence-corrected chi connectivity index (χ0v) is 17.6. The molecule has 1 aliphatic carbocycles. The number of hydrogen-bond donors (Lipinski definition) is 0. The monoisotopic (exact) mass is 387 g/mol. The average molecular weight is 388 g/mol. The quantitative estimate of drug-likeness (QED) is 0.300. The number of aromatic nitrogens is 1. The minimum Gasteiger partial charge on any atom is -0.336 e. The molecule has 1 aromatic heterocycles. The lowest BCUT2D eigenvalue weighted by atomic mass is 9.99. The van der Waals surface area contributed by atoms with E-state index in [0.717, 1.165) is 19.4 Å². The molecule has 146 valence electrons. The van der Waals surface area contributed by atoms with Crippen molar-refractivity contribution < 1.29 is 0 Å². The van der Waals surface area contributed by atoms with Crippen LogP contribution in [-0.4, -0.2) is 4.57 Å². The Morgan fingerprint density at radius 2 is 1.57 bits per heavy atom. The van der Waals surface area contributed by atoms with Crippen LogP contribution in [0.5, 0.6) is 0 Å². The third-order valence-electron chi connectivity index (χ3n) is 6.64. The Labute approximate surface area is 177 Å². The first-order chi connectivity index (χ1) is 14.7. The van der Waals surface area contributed by atoms with Gasteiger partial charge in [0.1, 0.15) is 0 Å². The van der Waals surface area contributed by atoms with Gasteiger partial charge in [0, 0.05) is 22.8 Å². The highest BCUT2D eigenvalue weighted by Crippen LogP contribution is 2.44. The van der Waals surface area contributed by atoms with E-state index in [2.05, 4.69) is 97.3 Å². The molecule has 0 radical (unpaired) electrons. The molecule has 0 N–H and O–H groups in total.